The third-order valence-corrected chi connectivity index (χ3v) is 2.53. The Morgan fingerprint density at radius 3 is 3.33 bits per heavy atom. The highest BCUT2D eigenvalue weighted by Gasteiger charge is 2.24. The average Bonchev–Trinajstić information content (AvgIpc) is 2.47. The summed E-state index contributed by atoms with van der Waals surface area (Å²) in [6.07, 6.45) is 4.77. The van der Waals surface area contributed by atoms with E-state index in [1.165, 1.54) is 11.3 Å². The summed E-state index contributed by atoms with van der Waals surface area (Å²) >= 11 is 0. The van der Waals surface area contributed by atoms with Gasteiger partial charge >= 0.3 is 0 Å². The molecule has 1 aliphatic rings. The fraction of sp³-hybridized carbons (Fsp3) is 0.500. The number of aromatic nitrogens is 2. The van der Waals surface area contributed by atoms with Gasteiger partial charge in [-0.2, -0.15) is 5.10 Å². The molecule has 3 nitrogen and oxygen atoms in total. The molecule has 4 heteroatoms. The van der Waals surface area contributed by atoms with E-state index in [1.807, 2.05) is 17.9 Å². The van der Waals surface area contributed by atoms with Crippen LogP contribution in [-0.4, -0.2) is 16.5 Å². The van der Waals surface area contributed by atoms with Crippen LogP contribution < -0.4 is 0 Å². The molecular weight excluding hydrogens is 149 g/mol. The standard InChI is InChI=1S/C8H10BN3/c1-12-8-2-3-9(6-10)4-7(8)5-11-12/h5H,2-4H2,1H3. The summed E-state index contributed by atoms with van der Waals surface area (Å²) < 4.78 is 1.92. The van der Waals surface area contributed by atoms with Crippen LogP contribution in [-0.2, 0) is 19.8 Å². The number of hydrogen-bond donors (Lipinski definition) is 0. The zero-order chi connectivity index (χ0) is 8.55. The first kappa shape index (κ1) is 7.42. The maximum absolute atomic E-state index is 8.75. The second-order valence-corrected chi connectivity index (χ2v) is 3.31. The minimum Gasteiger partial charge on any atom is -0.272 e. The SMILES string of the molecule is Cn1ncc2c1CCB(C#N)C2. The van der Waals surface area contributed by atoms with Crippen LogP contribution in [0.3, 0.4) is 0 Å². The molecule has 60 valence electrons. The highest BCUT2D eigenvalue weighted by atomic mass is 15.3. The van der Waals surface area contributed by atoms with Gasteiger partial charge < -0.3 is 0 Å². The van der Waals surface area contributed by atoms with Crippen molar-refractivity contribution in [1.29, 1.82) is 5.26 Å². The highest BCUT2D eigenvalue weighted by molar-refractivity contribution is 6.66. The Morgan fingerprint density at radius 2 is 2.58 bits per heavy atom. The number of rotatable bonds is 0. The van der Waals surface area contributed by atoms with Gasteiger partial charge in [0.25, 0.3) is 6.71 Å². The Kier molecular flexibility index (Phi) is 1.65. The third-order valence-electron chi connectivity index (χ3n) is 2.53. The molecule has 2 heterocycles. The first-order valence-electron chi connectivity index (χ1n) is 4.20. The normalized spacial score (nSPS) is 15.5. The molecule has 2 rings (SSSR count). The average molecular weight is 159 g/mol. The van der Waals surface area contributed by atoms with Crippen LogP contribution in [0.5, 0.6) is 0 Å². The molecule has 0 bridgehead atoms. The monoisotopic (exact) mass is 159 g/mol. The molecule has 1 aromatic rings. The van der Waals surface area contributed by atoms with Gasteiger partial charge in [-0.15, -0.1) is 0 Å². The Labute approximate surface area is 72.1 Å². The van der Waals surface area contributed by atoms with Crippen LogP contribution >= 0.6 is 0 Å². The number of nitriles is 1. The predicted molar refractivity (Wildman–Crippen MR) is 46.8 cm³/mol. The molecule has 0 radical (unpaired) electrons. The molecule has 0 N–H and O–H groups in total. The molecule has 0 aliphatic carbocycles. The van der Waals surface area contributed by atoms with Gasteiger partial charge in [0.1, 0.15) is 0 Å². The highest BCUT2D eigenvalue weighted by Crippen LogP contribution is 2.19. The summed E-state index contributed by atoms with van der Waals surface area (Å²) in [7, 11) is 1.96. The van der Waals surface area contributed by atoms with Crippen molar-refractivity contribution in [2.75, 3.05) is 0 Å². The van der Waals surface area contributed by atoms with E-state index in [-0.39, 0.29) is 6.71 Å². The van der Waals surface area contributed by atoms with Crippen LogP contribution in [0.1, 0.15) is 11.3 Å². The number of hydrogen-bond acceptors (Lipinski definition) is 2. The minimum absolute atomic E-state index is 0.210. The zero-order valence-corrected chi connectivity index (χ0v) is 7.12. The van der Waals surface area contributed by atoms with E-state index < -0.39 is 0 Å². The summed E-state index contributed by atoms with van der Waals surface area (Å²) in [5, 5.41) is 12.9. The van der Waals surface area contributed by atoms with E-state index in [0.717, 1.165) is 19.1 Å². The van der Waals surface area contributed by atoms with Gasteiger partial charge in [-0.05, 0) is 18.3 Å². The lowest BCUT2D eigenvalue weighted by Gasteiger charge is -2.13. The molecule has 0 saturated carbocycles. The summed E-state index contributed by atoms with van der Waals surface area (Å²) in [4.78, 5) is 0. The van der Waals surface area contributed by atoms with Crippen molar-refractivity contribution in [3.8, 4) is 5.97 Å². The van der Waals surface area contributed by atoms with Crippen LogP contribution in [0.15, 0.2) is 6.20 Å². The largest absolute Gasteiger partial charge is 0.272 e. The first-order valence-corrected chi connectivity index (χ1v) is 4.20. The van der Waals surface area contributed by atoms with E-state index >= 15 is 0 Å². The Bertz CT molecular complexity index is 337. The Hall–Kier alpha value is -1.24. The maximum Gasteiger partial charge on any atom is 0.272 e. The molecule has 0 amide bonds. The molecule has 0 saturated heterocycles. The molecule has 0 atom stereocenters. The lowest BCUT2D eigenvalue weighted by molar-refractivity contribution is 0.711. The molecule has 1 aromatic heterocycles. The molecule has 0 spiro atoms. The predicted octanol–water partition coefficient (Wildman–Crippen LogP) is 0.615. The first-order chi connectivity index (χ1) is 5.81. The molecule has 1 aliphatic heterocycles. The van der Waals surface area contributed by atoms with E-state index in [1.54, 1.807) is 0 Å². The van der Waals surface area contributed by atoms with Gasteiger partial charge in [-0.25, -0.2) is 5.26 Å². The van der Waals surface area contributed by atoms with Gasteiger partial charge in [-0.1, -0.05) is 6.32 Å². The van der Waals surface area contributed by atoms with Crippen molar-refractivity contribution in [3.63, 3.8) is 0 Å². The molecule has 0 aromatic carbocycles. The van der Waals surface area contributed by atoms with Crippen molar-refractivity contribution < 1.29 is 0 Å². The van der Waals surface area contributed by atoms with Crippen molar-refractivity contribution in [2.24, 2.45) is 7.05 Å². The lowest BCUT2D eigenvalue weighted by atomic mass is 9.43. The number of aryl methyl sites for hydroxylation is 1. The van der Waals surface area contributed by atoms with E-state index in [2.05, 4.69) is 11.1 Å². The molecule has 0 unspecified atom stereocenters. The third kappa shape index (κ3) is 1.02. The van der Waals surface area contributed by atoms with Gasteiger partial charge in [0.05, 0.1) is 6.20 Å². The number of fused-ring (bicyclic) bond motifs is 1. The van der Waals surface area contributed by atoms with Crippen LogP contribution in [0.4, 0.5) is 0 Å². The summed E-state index contributed by atoms with van der Waals surface area (Å²) in [6.45, 7) is 0.210. The molecule has 12 heavy (non-hydrogen) atoms. The molecular formula is C8H10BN3. The maximum atomic E-state index is 8.75. The Balaban J connectivity index is 2.31. The van der Waals surface area contributed by atoms with E-state index in [9.17, 15) is 0 Å². The van der Waals surface area contributed by atoms with Crippen molar-refractivity contribution >= 4 is 6.71 Å². The fourth-order valence-electron chi connectivity index (χ4n) is 1.79. The smallest absolute Gasteiger partial charge is 0.272 e. The second-order valence-electron chi connectivity index (χ2n) is 3.31. The van der Waals surface area contributed by atoms with Crippen LogP contribution in [0.2, 0.25) is 6.32 Å². The van der Waals surface area contributed by atoms with Gasteiger partial charge in [0.15, 0.2) is 0 Å². The quantitative estimate of drug-likeness (QED) is 0.520. The van der Waals surface area contributed by atoms with Crippen molar-refractivity contribution in [3.05, 3.63) is 17.5 Å². The van der Waals surface area contributed by atoms with Gasteiger partial charge in [0, 0.05) is 18.7 Å². The second kappa shape index (κ2) is 2.67. The number of nitrogens with zero attached hydrogens (tertiary/aromatic N) is 3. The van der Waals surface area contributed by atoms with Crippen molar-refractivity contribution in [1.82, 2.24) is 9.78 Å². The molecule has 0 fully saturated rings. The minimum atomic E-state index is 0.210. The van der Waals surface area contributed by atoms with Gasteiger partial charge in [0.2, 0.25) is 0 Å². The lowest BCUT2D eigenvalue weighted by Crippen LogP contribution is -2.22. The van der Waals surface area contributed by atoms with Crippen LogP contribution in [0, 0.1) is 11.2 Å². The summed E-state index contributed by atoms with van der Waals surface area (Å²) in [5.41, 5.74) is 2.57. The Morgan fingerprint density at radius 1 is 1.75 bits per heavy atom. The zero-order valence-electron chi connectivity index (χ0n) is 7.12. The fourth-order valence-corrected chi connectivity index (χ4v) is 1.79. The summed E-state index contributed by atoms with van der Waals surface area (Å²) in [6, 6.07) is 0. The van der Waals surface area contributed by atoms with Crippen molar-refractivity contribution in [2.45, 2.75) is 19.1 Å². The topological polar surface area (TPSA) is 41.6 Å². The van der Waals surface area contributed by atoms with Gasteiger partial charge in [-0.3, -0.25) is 4.68 Å². The van der Waals surface area contributed by atoms with Crippen LogP contribution in [0.25, 0.3) is 0 Å². The van der Waals surface area contributed by atoms with E-state index in [0.29, 0.717) is 0 Å². The van der Waals surface area contributed by atoms with E-state index in [4.69, 9.17) is 5.26 Å². The summed E-state index contributed by atoms with van der Waals surface area (Å²) in [5.74, 6) is 2.32.